The third kappa shape index (κ3) is 1.53. The van der Waals surface area contributed by atoms with E-state index in [9.17, 15) is 0 Å². The summed E-state index contributed by atoms with van der Waals surface area (Å²) in [6, 6.07) is 0.0934. The maximum atomic E-state index is 7.95. The molecule has 0 spiro atoms. The van der Waals surface area contributed by atoms with Crippen molar-refractivity contribution < 1.29 is 0 Å². The molecule has 3 N–H and O–H groups in total. The lowest BCUT2D eigenvalue weighted by Gasteiger charge is -2.04. The Morgan fingerprint density at radius 2 is 2.80 bits per heavy atom. The molecule has 1 rings (SSSR count). The number of nitrogens with zero attached hydrogens (tertiary/aromatic N) is 4. The average Bonchev–Trinajstić information content (AvgIpc) is 2.31. The van der Waals surface area contributed by atoms with Crippen LogP contribution in [-0.4, -0.2) is 25.1 Å². The number of azide groups is 1. The second kappa shape index (κ2) is 2.93. The SMILES string of the molecule is [N-]=[N+]=NCC1CN=C(N)N1. The third-order valence-corrected chi connectivity index (χ3v) is 1.20. The van der Waals surface area contributed by atoms with Gasteiger partial charge in [0.15, 0.2) is 5.96 Å². The van der Waals surface area contributed by atoms with Crippen molar-refractivity contribution in [2.24, 2.45) is 15.8 Å². The van der Waals surface area contributed by atoms with Crippen molar-refractivity contribution in [2.75, 3.05) is 13.1 Å². The fourth-order valence-corrected chi connectivity index (χ4v) is 0.747. The topological polar surface area (TPSA) is 99.2 Å². The molecule has 54 valence electrons. The highest BCUT2D eigenvalue weighted by Gasteiger charge is 2.12. The molecule has 10 heavy (non-hydrogen) atoms. The first-order valence-corrected chi connectivity index (χ1v) is 2.90. The number of hydrogen-bond donors (Lipinski definition) is 2. The van der Waals surface area contributed by atoms with E-state index in [-0.39, 0.29) is 6.04 Å². The minimum Gasteiger partial charge on any atom is -0.370 e. The lowest BCUT2D eigenvalue weighted by molar-refractivity contribution is 0.664. The van der Waals surface area contributed by atoms with Crippen molar-refractivity contribution in [3.63, 3.8) is 0 Å². The summed E-state index contributed by atoms with van der Waals surface area (Å²) in [7, 11) is 0. The smallest absolute Gasteiger partial charge is 0.188 e. The van der Waals surface area contributed by atoms with Gasteiger partial charge in [0.2, 0.25) is 0 Å². The second-order valence-electron chi connectivity index (χ2n) is 1.98. The molecule has 0 saturated heterocycles. The lowest BCUT2D eigenvalue weighted by Crippen LogP contribution is -2.36. The fourth-order valence-electron chi connectivity index (χ4n) is 0.747. The van der Waals surface area contributed by atoms with Gasteiger partial charge < -0.3 is 11.1 Å². The van der Waals surface area contributed by atoms with Gasteiger partial charge in [-0.25, -0.2) is 0 Å². The van der Waals surface area contributed by atoms with Crippen LogP contribution in [0.4, 0.5) is 0 Å². The third-order valence-electron chi connectivity index (χ3n) is 1.20. The van der Waals surface area contributed by atoms with E-state index in [0.29, 0.717) is 19.0 Å². The van der Waals surface area contributed by atoms with Crippen LogP contribution in [0.25, 0.3) is 10.4 Å². The maximum absolute atomic E-state index is 7.95. The van der Waals surface area contributed by atoms with E-state index >= 15 is 0 Å². The summed E-state index contributed by atoms with van der Waals surface area (Å²) in [6.45, 7) is 1.01. The first-order chi connectivity index (χ1) is 4.83. The van der Waals surface area contributed by atoms with Gasteiger partial charge >= 0.3 is 0 Å². The van der Waals surface area contributed by atoms with Gasteiger partial charge in [-0.15, -0.1) is 0 Å². The molecule has 0 amide bonds. The number of rotatable bonds is 2. The van der Waals surface area contributed by atoms with Crippen molar-refractivity contribution in [1.82, 2.24) is 5.32 Å². The predicted molar refractivity (Wildman–Crippen MR) is 37.4 cm³/mol. The summed E-state index contributed by atoms with van der Waals surface area (Å²) < 4.78 is 0. The van der Waals surface area contributed by atoms with Crippen LogP contribution in [0.15, 0.2) is 10.1 Å². The molecule has 6 heteroatoms. The van der Waals surface area contributed by atoms with E-state index in [1.54, 1.807) is 0 Å². The van der Waals surface area contributed by atoms with Crippen LogP contribution in [0.3, 0.4) is 0 Å². The highest BCUT2D eigenvalue weighted by molar-refractivity contribution is 5.79. The summed E-state index contributed by atoms with van der Waals surface area (Å²) >= 11 is 0. The van der Waals surface area contributed by atoms with Gasteiger partial charge in [0.1, 0.15) is 0 Å². The molecule has 0 fully saturated rings. The molecule has 0 bridgehead atoms. The number of aliphatic imine (C=N–C) groups is 1. The van der Waals surface area contributed by atoms with Crippen LogP contribution in [-0.2, 0) is 0 Å². The summed E-state index contributed by atoms with van der Waals surface area (Å²) in [5.74, 6) is 0.429. The Labute approximate surface area is 57.7 Å². The Morgan fingerprint density at radius 3 is 3.30 bits per heavy atom. The highest BCUT2D eigenvalue weighted by atomic mass is 15.2. The van der Waals surface area contributed by atoms with Crippen LogP contribution in [0, 0.1) is 0 Å². The molecule has 0 aliphatic carbocycles. The van der Waals surface area contributed by atoms with Crippen LogP contribution in [0.2, 0.25) is 0 Å². The van der Waals surface area contributed by atoms with Crippen LogP contribution in [0.5, 0.6) is 0 Å². The zero-order chi connectivity index (χ0) is 7.40. The minimum absolute atomic E-state index is 0.0934. The van der Waals surface area contributed by atoms with Gasteiger partial charge in [-0.2, -0.15) is 0 Å². The van der Waals surface area contributed by atoms with Crippen LogP contribution < -0.4 is 11.1 Å². The largest absolute Gasteiger partial charge is 0.370 e. The molecule has 0 aromatic rings. The number of nitrogens with two attached hydrogens (primary N) is 1. The molecular weight excluding hydrogens is 132 g/mol. The fraction of sp³-hybridized carbons (Fsp3) is 0.750. The van der Waals surface area contributed by atoms with Gasteiger partial charge in [0.25, 0.3) is 0 Å². The van der Waals surface area contributed by atoms with Gasteiger partial charge in [-0.05, 0) is 5.53 Å². The summed E-state index contributed by atoms with van der Waals surface area (Å²) in [4.78, 5) is 6.49. The zero-order valence-electron chi connectivity index (χ0n) is 5.36. The first kappa shape index (κ1) is 6.70. The quantitative estimate of drug-likeness (QED) is 0.309. The highest BCUT2D eigenvalue weighted by Crippen LogP contribution is 1.93. The Kier molecular flexibility index (Phi) is 1.96. The van der Waals surface area contributed by atoms with E-state index < -0.39 is 0 Å². The first-order valence-electron chi connectivity index (χ1n) is 2.90. The predicted octanol–water partition coefficient (Wildman–Crippen LogP) is -0.417. The molecule has 0 aromatic carbocycles. The summed E-state index contributed by atoms with van der Waals surface area (Å²) in [6.07, 6.45) is 0. The van der Waals surface area contributed by atoms with Gasteiger partial charge in [0.05, 0.1) is 12.6 Å². The lowest BCUT2D eigenvalue weighted by atomic mass is 10.3. The Bertz CT molecular complexity index is 190. The molecule has 1 aliphatic rings. The van der Waals surface area contributed by atoms with E-state index in [4.69, 9.17) is 11.3 Å². The zero-order valence-corrected chi connectivity index (χ0v) is 5.36. The Hall–Kier alpha value is -1.42. The monoisotopic (exact) mass is 140 g/mol. The van der Waals surface area contributed by atoms with Gasteiger partial charge in [0, 0.05) is 11.5 Å². The van der Waals surface area contributed by atoms with Crippen molar-refractivity contribution >= 4 is 5.96 Å². The molecule has 1 unspecified atom stereocenters. The van der Waals surface area contributed by atoms with Gasteiger partial charge in [-0.3, -0.25) is 4.99 Å². The number of guanidine groups is 1. The molecule has 0 aromatic heterocycles. The second-order valence-corrected chi connectivity index (χ2v) is 1.98. The van der Waals surface area contributed by atoms with Crippen LogP contribution in [0.1, 0.15) is 0 Å². The van der Waals surface area contributed by atoms with Crippen molar-refractivity contribution in [2.45, 2.75) is 6.04 Å². The summed E-state index contributed by atoms with van der Waals surface area (Å²) in [5, 5.41) is 6.23. The van der Waals surface area contributed by atoms with Crippen molar-refractivity contribution in [3.8, 4) is 0 Å². The van der Waals surface area contributed by atoms with Gasteiger partial charge in [-0.1, -0.05) is 5.11 Å². The summed E-state index contributed by atoms with van der Waals surface area (Å²) in [5.41, 5.74) is 13.3. The van der Waals surface area contributed by atoms with Crippen molar-refractivity contribution in [3.05, 3.63) is 10.4 Å². The van der Waals surface area contributed by atoms with E-state index in [0.717, 1.165) is 0 Å². The molecule has 1 aliphatic heterocycles. The maximum Gasteiger partial charge on any atom is 0.188 e. The van der Waals surface area contributed by atoms with Crippen LogP contribution >= 0.6 is 0 Å². The van der Waals surface area contributed by atoms with E-state index in [2.05, 4.69) is 20.3 Å². The van der Waals surface area contributed by atoms with Crippen molar-refractivity contribution in [1.29, 1.82) is 0 Å². The Morgan fingerprint density at radius 1 is 2.00 bits per heavy atom. The van der Waals surface area contributed by atoms with E-state index in [1.165, 1.54) is 0 Å². The normalized spacial score (nSPS) is 22.8. The molecular formula is C4H8N6. The molecule has 1 atom stereocenters. The molecule has 0 radical (unpaired) electrons. The number of nitrogens with one attached hydrogen (secondary N) is 1. The standard InChI is InChI=1S/C4H8N6/c5-4-7-1-3(9-4)2-8-10-6/h3H,1-2H2,(H3,5,7,9). The molecule has 6 nitrogen and oxygen atoms in total. The molecule has 1 heterocycles. The van der Waals surface area contributed by atoms with E-state index in [1.807, 2.05) is 0 Å². The minimum atomic E-state index is 0.0934. The Balaban J connectivity index is 2.29. The number of hydrogen-bond acceptors (Lipinski definition) is 4. The average molecular weight is 140 g/mol. The molecule has 0 saturated carbocycles.